The van der Waals surface area contributed by atoms with Gasteiger partial charge in [-0.25, -0.2) is 0 Å². The van der Waals surface area contributed by atoms with Crippen molar-refractivity contribution in [3.8, 4) is 0 Å². The Morgan fingerprint density at radius 1 is 0.300 bits per heavy atom. The number of hydrogen-bond donors (Lipinski definition) is 0. The summed E-state index contributed by atoms with van der Waals surface area (Å²) >= 11 is 0. The minimum Gasteiger partial charge on any atom is -0.462 e. The van der Waals surface area contributed by atoms with Crippen LogP contribution < -0.4 is 0 Å². The molecule has 0 saturated heterocycles. The van der Waals surface area contributed by atoms with Gasteiger partial charge >= 0.3 is 17.9 Å². The Balaban J connectivity index is 4.14. The van der Waals surface area contributed by atoms with E-state index in [0.717, 1.165) is 96.3 Å². The largest absolute Gasteiger partial charge is 0.462 e. The van der Waals surface area contributed by atoms with Gasteiger partial charge in [0.2, 0.25) is 0 Å². The smallest absolute Gasteiger partial charge is 0.306 e. The minimum atomic E-state index is -0.777. The standard InChI is InChI=1S/C64H112O6/c1-4-7-10-13-16-18-20-22-24-26-28-30-32-34-36-38-40-42-44-46-48-51-54-57-63(66)69-60-61(59-68-62(65)56-53-50-15-12-9-6-3)70-64(67)58-55-52-49-47-45-43-41-39-37-35-33-31-29-27-25-23-21-19-17-14-11-8-5-2/h7,10,16,18,22,24,27-30,34,36,61H,4-6,8-9,11-15,17,19-21,23,25-26,31-33,35,37-60H2,1-3H3/b10-7-,18-16-,24-22-,29-27-,30-28-,36-34-. The summed E-state index contributed by atoms with van der Waals surface area (Å²) < 4.78 is 16.8. The fourth-order valence-electron chi connectivity index (χ4n) is 8.47. The van der Waals surface area contributed by atoms with Crippen molar-refractivity contribution >= 4 is 17.9 Å². The fraction of sp³-hybridized carbons (Fsp3) is 0.766. The maximum absolute atomic E-state index is 12.8. The van der Waals surface area contributed by atoms with E-state index >= 15 is 0 Å². The second-order valence-corrected chi connectivity index (χ2v) is 19.9. The van der Waals surface area contributed by atoms with Crippen LogP contribution in [0.15, 0.2) is 72.9 Å². The van der Waals surface area contributed by atoms with Crippen molar-refractivity contribution in [2.45, 2.75) is 303 Å². The SMILES string of the molecule is CC/C=C\C/C=C\C/C=C\C/C=C\C/C=C\CCCCCCCCCC(=O)OCC(COC(=O)CCCCCCCC)OC(=O)CCCCCCCCCCCCC/C=C\CCCCCCCCCC. The highest BCUT2D eigenvalue weighted by atomic mass is 16.6. The van der Waals surface area contributed by atoms with Crippen LogP contribution in [-0.4, -0.2) is 37.2 Å². The molecule has 0 N–H and O–H groups in total. The number of rotatable bonds is 54. The lowest BCUT2D eigenvalue weighted by atomic mass is 10.0. The van der Waals surface area contributed by atoms with Crippen molar-refractivity contribution in [1.82, 2.24) is 0 Å². The molecule has 0 amide bonds. The quantitative estimate of drug-likeness (QED) is 0.0261. The van der Waals surface area contributed by atoms with Crippen LogP contribution in [0.5, 0.6) is 0 Å². The molecular formula is C64H112O6. The molecule has 0 radical (unpaired) electrons. The van der Waals surface area contributed by atoms with Crippen LogP contribution in [0.3, 0.4) is 0 Å². The average molecular weight is 978 g/mol. The van der Waals surface area contributed by atoms with Crippen molar-refractivity contribution in [2.75, 3.05) is 13.2 Å². The maximum Gasteiger partial charge on any atom is 0.306 e. The summed E-state index contributed by atoms with van der Waals surface area (Å²) in [4.78, 5) is 37.9. The first-order valence-electron chi connectivity index (χ1n) is 29.9. The zero-order valence-corrected chi connectivity index (χ0v) is 46.3. The third kappa shape index (κ3) is 55.8. The normalized spacial score (nSPS) is 12.6. The molecule has 0 aromatic carbocycles. The van der Waals surface area contributed by atoms with Crippen LogP contribution in [0.4, 0.5) is 0 Å². The second kappa shape index (κ2) is 58.4. The van der Waals surface area contributed by atoms with E-state index in [1.165, 1.54) is 161 Å². The molecule has 0 aromatic rings. The van der Waals surface area contributed by atoms with E-state index in [9.17, 15) is 14.4 Å². The summed E-state index contributed by atoms with van der Waals surface area (Å²) in [6.45, 7) is 6.48. The summed E-state index contributed by atoms with van der Waals surface area (Å²) in [6, 6.07) is 0. The van der Waals surface area contributed by atoms with Gasteiger partial charge in [0.05, 0.1) is 0 Å². The van der Waals surface area contributed by atoms with Gasteiger partial charge in [0.25, 0.3) is 0 Å². The predicted molar refractivity (Wildman–Crippen MR) is 302 cm³/mol. The second-order valence-electron chi connectivity index (χ2n) is 19.9. The van der Waals surface area contributed by atoms with E-state index in [-0.39, 0.29) is 31.1 Å². The van der Waals surface area contributed by atoms with E-state index < -0.39 is 6.10 Å². The molecule has 0 rings (SSSR count). The zero-order valence-electron chi connectivity index (χ0n) is 46.3. The first kappa shape index (κ1) is 66.9. The van der Waals surface area contributed by atoms with E-state index in [2.05, 4.69) is 93.7 Å². The van der Waals surface area contributed by atoms with Gasteiger partial charge in [-0.15, -0.1) is 0 Å². The Bertz CT molecular complexity index is 1310. The predicted octanol–water partition coefficient (Wildman–Crippen LogP) is 20.2. The highest BCUT2D eigenvalue weighted by Crippen LogP contribution is 2.16. The van der Waals surface area contributed by atoms with Gasteiger partial charge in [0, 0.05) is 19.3 Å². The van der Waals surface area contributed by atoms with E-state index in [0.29, 0.717) is 19.3 Å². The van der Waals surface area contributed by atoms with Gasteiger partial charge in [-0.1, -0.05) is 261 Å². The molecule has 0 aliphatic carbocycles. The molecule has 0 aliphatic rings. The molecule has 0 aliphatic heterocycles. The van der Waals surface area contributed by atoms with Crippen molar-refractivity contribution in [2.24, 2.45) is 0 Å². The lowest BCUT2D eigenvalue weighted by Gasteiger charge is -2.18. The molecule has 0 saturated carbocycles. The summed E-state index contributed by atoms with van der Waals surface area (Å²) in [7, 11) is 0. The zero-order chi connectivity index (χ0) is 50.7. The third-order valence-corrected chi connectivity index (χ3v) is 12.9. The average Bonchev–Trinajstić information content (AvgIpc) is 3.36. The number of carbonyl (C=O) groups excluding carboxylic acids is 3. The van der Waals surface area contributed by atoms with Crippen LogP contribution in [-0.2, 0) is 28.6 Å². The molecule has 70 heavy (non-hydrogen) atoms. The monoisotopic (exact) mass is 977 g/mol. The first-order chi connectivity index (χ1) is 34.5. The first-order valence-corrected chi connectivity index (χ1v) is 29.9. The van der Waals surface area contributed by atoms with Gasteiger partial charge in [0.1, 0.15) is 13.2 Å². The van der Waals surface area contributed by atoms with Crippen molar-refractivity contribution in [3.63, 3.8) is 0 Å². The minimum absolute atomic E-state index is 0.0782. The van der Waals surface area contributed by atoms with E-state index in [1.54, 1.807) is 0 Å². The van der Waals surface area contributed by atoms with Crippen LogP contribution >= 0.6 is 0 Å². The molecule has 6 nitrogen and oxygen atoms in total. The van der Waals surface area contributed by atoms with Crippen molar-refractivity contribution in [3.05, 3.63) is 72.9 Å². The number of unbranched alkanes of at least 4 members (excludes halogenated alkanes) is 31. The van der Waals surface area contributed by atoms with Gasteiger partial charge in [-0.05, 0) is 89.9 Å². The van der Waals surface area contributed by atoms with Gasteiger partial charge in [-0.3, -0.25) is 14.4 Å². The Morgan fingerprint density at radius 2 is 0.557 bits per heavy atom. The highest BCUT2D eigenvalue weighted by molar-refractivity contribution is 5.71. The molecule has 0 bridgehead atoms. The lowest BCUT2D eigenvalue weighted by Crippen LogP contribution is -2.30. The maximum atomic E-state index is 12.8. The van der Waals surface area contributed by atoms with Crippen LogP contribution in [0.2, 0.25) is 0 Å². The van der Waals surface area contributed by atoms with Gasteiger partial charge < -0.3 is 14.2 Å². The van der Waals surface area contributed by atoms with Crippen molar-refractivity contribution in [1.29, 1.82) is 0 Å². The van der Waals surface area contributed by atoms with E-state index in [4.69, 9.17) is 14.2 Å². The lowest BCUT2D eigenvalue weighted by molar-refractivity contribution is -0.167. The number of carbonyl (C=O) groups is 3. The molecule has 1 unspecified atom stereocenters. The summed E-state index contributed by atoms with van der Waals surface area (Å²) in [6.07, 6.45) is 75.0. The Morgan fingerprint density at radius 3 is 0.886 bits per heavy atom. The molecule has 0 aromatic heterocycles. The molecule has 404 valence electrons. The molecular weight excluding hydrogens is 865 g/mol. The topological polar surface area (TPSA) is 78.9 Å². The number of ether oxygens (including phenoxy) is 3. The van der Waals surface area contributed by atoms with Crippen LogP contribution in [0, 0.1) is 0 Å². The van der Waals surface area contributed by atoms with Crippen LogP contribution in [0.25, 0.3) is 0 Å². The summed E-state index contributed by atoms with van der Waals surface area (Å²) in [5, 5.41) is 0. The summed E-state index contributed by atoms with van der Waals surface area (Å²) in [5.41, 5.74) is 0. The number of allylic oxidation sites excluding steroid dienone is 12. The van der Waals surface area contributed by atoms with Gasteiger partial charge in [-0.2, -0.15) is 0 Å². The Labute approximate surface area is 433 Å². The molecule has 0 fully saturated rings. The van der Waals surface area contributed by atoms with Crippen LogP contribution in [0.1, 0.15) is 297 Å². The summed E-state index contributed by atoms with van der Waals surface area (Å²) in [5.74, 6) is -0.891. The molecule has 0 spiro atoms. The number of esters is 3. The fourth-order valence-corrected chi connectivity index (χ4v) is 8.47. The van der Waals surface area contributed by atoms with E-state index in [1.807, 2.05) is 0 Å². The third-order valence-electron chi connectivity index (χ3n) is 12.9. The number of hydrogen-bond acceptors (Lipinski definition) is 6. The Kier molecular flexibility index (Phi) is 55.8. The van der Waals surface area contributed by atoms with Gasteiger partial charge in [0.15, 0.2) is 6.10 Å². The van der Waals surface area contributed by atoms with Crippen molar-refractivity contribution < 1.29 is 28.6 Å². The Hall–Kier alpha value is -3.15. The molecule has 1 atom stereocenters. The molecule has 0 heterocycles. The highest BCUT2D eigenvalue weighted by Gasteiger charge is 2.19. The molecule has 6 heteroatoms.